The van der Waals surface area contributed by atoms with Crippen LogP contribution in [0.25, 0.3) is 10.2 Å². The zero-order chi connectivity index (χ0) is 33.3. The highest BCUT2D eigenvalue weighted by molar-refractivity contribution is 7.89. The SMILES string of the molecule is COc1ccc2nc(N(/N=C/c3cc(OC)c(OC)c(OC)c3)C(=O)c3ccc(S(=O)(=O)N(CCC#N)CCC#N)cc3)sc2c1. The van der Waals surface area contributed by atoms with Crippen LogP contribution >= 0.6 is 11.3 Å². The summed E-state index contributed by atoms with van der Waals surface area (Å²) in [5, 5.41) is 23.8. The first-order valence-corrected chi connectivity index (χ1v) is 15.9. The third-order valence-corrected chi connectivity index (χ3v) is 9.56. The highest BCUT2D eigenvalue weighted by atomic mass is 32.2. The molecule has 0 saturated carbocycles. The second kappa shape index (κ2) is 15.2. The van der Waals surface area contributed by atoms with E-state index in [0.29, 0.717) is 34.1 Å². The minimum atomic E-state index is -4.03. The molecule has 1 heterocycles. The normalized spacial score (nSPS) is 11.3. The summed E-state index contributed by atoms with van der Waals surface area (Å²) in [5.41, 5.74) is 1.29. The molecule has 0 radical (unpaired) electrons. The Morgan fingerprint density at radius 1 is 0.913 bits per heavy atom. The lowest BCUT2D eigenvalue weighted by Gasteiger charge is -2.20. The van der Waals surface area contributed by atoms with Crippen LogP contribution in [-0.2, 0) is 10.0 Å². The van der Waals surface area contributed by atoms with E-state index in [1.165, 1.54) is 63.1 Å². The second-order valence-corrected chi connectivity index (χ2v) is 12.3. The van der Waals surface area contributed by atoms with E-state index >= 15 is 0 Å². The quantitative estimate of drug-likeness (QED) is 0.135. The molecule has 0 bridgehead atoms. The van der Waals surface area contributed by atoms with Crippen LogP contribution in [-0.4, -0.2) is 71.4 Å². The van der Waals surface area contributed by atoms with Gasteiger partial charge in [-0.2, -0.15) is 24.9 Å². The number of rotatable bonds is 14. The molecule has 3 aromatic carbocycles. The summed E-state index contributed by atoms with van der Waals surface area (Å²) in [6, 6.07) is 17.9. The average Bonchev–Trinajstić information content (AvgIpc) is 3.50. The maximum atomic E-state index is 13.9. The van der Waals surface area contributed by atoms with Crippen molar-refractivity contribution >= 4 is 48.8 Å². The van der Waals surface area contributed by atoms with E-state index in [2.05, 4.69) is 10.1 Å². The number of thiazole rings is 1. The molecule has 0 atom stereocenters. The molecule has 46 heavy (non-hydrogen) atoms. The van der Waals surface area contributed by atoms with E-state index in [9.17, 15) is 13.2 Å². The van der Waals surface area contributed by atoms with Gasteiger partial charge in [-0.05, 0) is 54.6 Å². The fourth-order valence-corrected chi connectivity index (χ4v) is 6.73. The number of amides is 1. The smallest absolute Gasteiger partial charge is 0.280 e. The molecule has 238 valence electrons. The summed E-state index contributed by atoms with van der Waals surface area (Å²) in [6.07, 6.45) is 1.37. The first-order chi connectivity index (χ1) is 22.2. The number of fused-ring (bicyclic) bond motifs is 1. The topological polar surface area (TPSA) is 167 Å². The molecule has 1 amide bonds. The van der Waals surface area contributed by atoms with Crippen LogP contribution in [0.5, 0.6) is 23.0 Å². The third-order valence-electron chi connectivity index (χ3n) is 6.65. The zero-order valence-corrected chi connectivity index (χ0v) is 27.1. The number of carbonyl (C=O) groups is 1. The van der Waals surface area contributed by atoms with Gasteiger partial charge in [0, 0.05) is 37.1 Å². The number of hydrogen-bond acceptors (Lipinski definition) is 12. The third kappa shape index (κ3) is 7.35. The molecule has 0 aliphatic rings. The lowest BCUT2D eigenvalue weighted by atomic mass is 10.2. The van der Waals surface area contributed by atoms with Gasteiger partial charge in [0.15, 0.2) is 11.5 Å². The number of methoxy groups -OCH3 is 4. The van der Waals surface area contributed by atoms with E-state index in [0.717, 1.165) is 14.0 Å². The number of sulfonamides is 1. The molecule has 0 fully saturated rings. The van der Waals surface area contributed by atoms with E-state index in [1.54, 1.807) is 37.4 Å². The van der Waals surface area contributed by atoms with Crippen LogP contribution in [0.4, 0.5) is 5.13 Å². The minimum absolute atomic E-state index is 0.0336. The van der Waals surface area contributed by atoms with E-state index in [-0.39, 0.29) is 41.5 Å². The van der Waals surface area contributed by atoms with E-state index < -0.39 is 15.9 Å². The fourth-order valence-electron chi connectivity index (χ4n) is 4.34. The molecule has 1 aromatic heterocycles. The molecule has 13 nitrogen and oxygen atoms in total. The molecule has 0 spiro atoms. The van der Waals surface area contributed by atoms with Crippen LogP contribution in [0.3, 0.4) is 0 Å². The van der Waals surface area contributed by atoms with Crippen LogP contribution in [0.2, 0.25) is 0 Å². The van der Waals surface area contributed by atoms with Crippen molar-refractivity contribution < 1.29 is 32.2 Å². The molecule has 4 rings (SSSR count). The molecule has 0 saturated heterocycles. The first-order valence-electron chi connectivity index (χ1n) is 13.7. The summed E-state index contributed by atoms with van der Waals surface area (Å²) < 4.78 is 50.0. The van der Waals surface area contributed by atoms with Crippen molar-refractivity contribution in [2.24, 2.45) is 5.10 Å². The number of benzene rings is 3. The van der Waals surface area contributed by atoms with Crippen molar-refractivity contribution in [3.05, 3.63) is 65.7 Å². The molecule has 4 aromatic rings. The van der Waals surface area contributed by atoms with E-state index in [1.807, 2.05) is 12.1 Å². The largest absolute Gasteiger partial charge is 0.497 e. The Balaban J connectivity index is 1.74. The summed E-state index contributed by atoms with van der Waals surface area (Å²) in [5.74, 6) is 1.22. The van der Waals surface area contributed by atoms with E-state index in [4.69, 9.17) is 29.5 Å². The van der Waals surface area contributed by atoms with Gasteiger partial charge in [0.25, 0.3) is 5.91 Å². The number of hydrogen-bond donors (Lipinski definition) is 0. The predicted octanol–water partition coefficient (Wildman–Crippen LogP) is 4.83. The van der Waals surface area contributed by atoms with Crippen LogP contribution in [0.1, 0.15) is 28.8 Å². The van der Waals surface area contributed by atoms with Gasteiger partial charge in [0.05, 0.1) is 61.9 Å². The monoisotopic (exact) mass is 662 g/mol. The predicted molar refractivity (Wildman–Crippen MR) is 172 cm³/mol. The number of nitriles is 2. The lowest BCUT2D eigenvalue weighted by molar-refractivity contribution is 0.0987. The fraction of sp³-hybridized carbons (Fsp3) is 0.258. The average molecular weight is 663 g/mol. The molecular weight excluding hydrogens is 633 g/mol. The molecule has 0 aliphatic carbocycles. The van der Waals surface area contributed by atoms with Crippen LogP contribution in [0, 0.1) is 22.7 Å². The summed E-state index contributed by atoms with van der Waals surface area (Å²) in [4.78, 5) is 18.5. The van der Waals surface area contributed by atoms with Gasteiger partial charge in [-0.25, -0.2) is 13.4 Å². The molecular formula is C31H30N6O7S2. The van der Waals surface area contributed by atoms with Gasteiger partial charge in [-0.15, -0.1) is 0 Å². The maximum absolute atomic E-state index is 13.9. The van der Waals surface area contributed by atoms with Crippen LogP contribution < -0.4 is 24.0 Å². The summed E-state index contributed by atoms with van der Waals surface area (Å²) in [6.45, 7) is -0.125. The number of ether oxygens (including phenoxy) is 4. The molecule has 0 unspecified atom stereocenters. The molecule has 15 heteroatoms. The van der Waals surface area contributed by atoms with Crippen molar-refractivity contribution in [1.82, 2.24) is 9.29 Å². The Hall–Kier alpha value is -5.22. The van der Waals surface area contributed by atoms with Crippen molar-refractivity contribution in [2.45, 2.75) is 17.7 Å². The number of anilines is 1. The molecule has 0 aliphatic heterocycles. The Kier molecular flexibility index (Phi) is 11.1. The van der Waals surface area contributed by atoms with Gasteiger partial charge in [-0.3, -0.25) is 4.79 Å². The first kappa shape index (κ1) is 33.7. The van der Waals surface area contributed by atoms with Crippen molar-refractivity contribution in [2.75, 3.05) is 46.5 Å². The zero-order valence-electron chi connectivity index (χ0n) is 25.5. The van der Waals surface area contributed by atoms with Gasteiger partial charge >= 0.3 is 0 Å². The number of carbonyl (C=O) groups excluding carboxylic acids is 1. The Morgan fingerprint density at radius 2 is 1.54 bits per heavy atom. The van der Waals surface area contributed by atoms with Crippen molar-refractivity contribution in [1.29, 1.82) is 10.5 Å². The molecule has 0 N–H and O–H groups in total. The minimum Gasteiger partial charge on any atom is -0.497 e. The summed E-state index contributed by atoms with van der Waals surface area (Å²) in [7, 11) is 1.98. The summed E-state index contributed by atoms with van der Waals surface area (Å²) >= 11 is 1.22. The number of nitrogens with zero attached hydrogens (tertiary/aromatic N) is 6. The Labute approximate surface area is 270 Å². The second-order valence-electron chi connectivity index (χ2n) is 9.39. The van der Waals surface area contributed by atoms with Crippen LogP contribution in [0.15, 0.2) is 64.6 Å². The van der Waals surface area contributed by atoms with Gasteiger partial charge in [0.1, 0.15) is 5.75 Å². The number of hydrazone groups is 1. The maximum Gasteiger partial charge on any atom is 0.280 e. The number of aromatic nitrogens is 1. The Morgan fingerprint density at radius 3 is 2.09 bits per heavy atom. The van der Waals surface area contributed by atoms with Gasteiger partial charge < -0.3 is 18.9 Å². The standard InChI is InChI=1S/C31H30N6O7S2/c1-41-23-9-12-25-28(19-23)45-31(35-25)37(34-20-21-17-26(42-2)29(44-4)27(18-21)43-3)30(38)22-7-10-24(11-8-22)46(39,40)36(15-5-13-32)16-6-14-33/h7-12,17-20H,5-6,15-16H2,1-4H3/b34-20+. The van der Waals surface area contributed by atoms with Gasteiger partial charge in [-0.1, -0.05) is 11.3 Å². The van der Waals surface area contributed by atoms with Gasteiger partial charge in [0.2, 0.25) is 20.9 Å². The van der Waals surface area contributed by atoms with Crippen molar-refractivity contribution in [3.8, 4) is 35.1 Å². The lowest BCUT2D eigenvalue weighted by Crippen LogP contribution is -2.33. The highest BCUT2D eigenvalue weighted by Gasteiger charge is 2.26. The van der Waals surface area contributed by atoms with Crippen molar-refractivity contribution in [3.63, 3.8) is 0 Å². The highest BCUT2D eigenvalue weighted by Crippen LogP contribution is 2.38. The Bertz CT molecular complexity index is 1890.